The summed E-state index contributed by atoms with van der Waals surface area (Å²) in [5, 5.41) is 4.48. The lowest BCUT2D eigenvalue weighted by atomic mass is 10.1. The monoisotopic (exact) mass is 298 g/mol. The summed E-state index contributed by atoms with van der Waals surface area (Å²) in [5.74, 6) is 0.128. The fraction of sp³-hybridized carbons (Fsp3) is 0.538. The Balaban J connectivity index is 3.01. The van der Waals surface area contributed by atoms with Gasteiger partial charge in [0.25, 0.3) is 0 Å². The van der Waals surface area contributed by atoms with E-state index in [4.69, 9.17) is 0 Å². The average Bonchev–Trinajstić information content (AvgIpc) is 2.55. The molecule has 3 nitrogen and oxygen atoms in total. The topological polar surface area (TPSA) is 34.9 Å². The lowest BCUT2D eigenvalue weighted by Crippen LogP contribution is -2.08. The summed E-state index contributed by atoms with van der Waals surface area (Å²) in [5.41, 5.74) is 3.03. The highest BCUT2D eigenvalue weighted by Gasteiger charge is 2.15. The van der Waals surface area contributed by atoms with Gasteiger partial charge in [0.15, 0.2) is 5.78 Å². The van der Waals surface area contributed by atoms with Gasteiger partial charge in [0.2, 0.25) is 0 Å². The van der Waals surface area contributed by atoms with Crippen molar-refractivity contribution in [2.24, 2.45) is 0 Å². The zero-order valence-electron chi connectivity index (χ0n) is 10.9. The Hall–Kier alpha value is -0.900. The van der Waals surface area contributed by atoms with Crippen LogP contribution in [-0.2, 0) is 24.2 Å². The molecule has 0 saturated carbocycles. The molecule has 1 aromatic rings. The fourth-order valence-electron chi connectivity index (χ4n) is 1.72. The molecule has 1 heterocycles. The van der Waals surface area contributed by atoms with Gasteiger partial charge in [-0.05, 0) is 49.2 Å². The fourth-order valence-corrected chi connectivity index (χ4v) is 2.43. The van der Waals surface area contributed by atoms with Crippen LogP contribution in [0.25, 0.3) is 0 Å². The molecule has 0 amide bonds. The van der Waals surface area contributed by atoms with Crippen LogP contribution in [0.15, 0.2) is 16.1 Å². The van der Waals surface area contributed by atoms with Crippen molar-refractivity contribution in [3.8, 4) is 0 Å². The Morgan fingerprint density at radius 3 is 2.53 bits per heavy atom. The van der Waals surface area contributed by atoms with Crippen LogP contribution in [0.2, 0.25) is 0 Å². The highest BCUT2D eigenvalue weighted by atomic mass is 79.9. The zero-order valence-corrected chi connectivity index (χ0v) is 12.5. The first-order chi connectivity index (χ1) is 7.99. The van der Waals surface area contributed by atoms with Crippen molar-refractivity contribution in [2.75, 3.05) is 0 Å². The van der Waals surface area contributed by atoms with E-state index in [1.165, 1.54) is 0 Å². The lowest BCUT2D eigenvalue weighted by Gasteiger charge is -2.03. The molecule has 94 valence electrons. The number of rotatable bonds is 5. The maximum atomic E-state index is 11.8. The lowest BCUT2D eigenvalue weighted by molar-refractivity contribution is -0.114. The minimum atomic E-state index is 0.128. The molecule has 0 atom stereocenters. The van der Waals surface area contributed by atoms with E-state index in [0.717, 1.165) is 34.4 Å². The van der Waals surface area contributed by atoms with Crippen LogP contribution in [0.4, 0.5) is 0 Å². The number of nitrogens with zero attached hydrogens (tertiary/aromatic N) is 2. The van der Waals surface area contributed by atoms with E-state index in [1.54, 1.807) is 6.08 Å². The molecule has 1 rings (SSSR count). The van der Waals surface area contributed by atoms with Gasteiger partial charge in [0.1, 0.15) is 0 Å². The molecule has 0 spiro atoms. The Bertz CT molecular complexity index is 443. The molecule has 1 aromatic heterocycles. The normalized spacial score (nSPS) is 10.4. The molecule has 0 N–H and O–H groups in total. The van der Waals surface area contributed by atoms with Crippen molar-refractivity contribution in [3.05, 3.63) is 27.5 Å². The zero-order chi connectivity index (χ0) is 13.0. The summed E-state index contributed by atoms with van der Waals surface area (Å²) >= 11 is 3.54. The predicted molar refractivity (Wildman–Crippen MR) is 73.1 cm³/mol. The standard InChI is InChI=1S/C13H19BrN2O/c1-5-11-13(14)12(16(6-2)15-11)8-10(17)7-9(3)4/h7H,5-6,8H2,1-4H3. The summed E-state index contributed by atoms with van der Waals surface area (Å²) in [6.45, 7) is 8.75. The number of aromatic nitrogens is 2. The Morgan fingerprint density at radius 2 is 2.06 bits per heavy atom. The van der Waals surface area contributed by atoms with E-state index in [2.05, 4.69) is 28.0 Å². The van der Waals surface area contributed by atoms with Crippen LogP contribution in [0.1, 0.15) is 39.1 Å². The number of halogens is 1. The summed E-state index contributed by atoms with van der Waals surface area (Å²) in [6, 6.07) is 0. The van der Waals surface area contributed by atoms with Gasteiger partial charge in [-0.25, -0.2) is 0 Å². The largest absolute Gasteiger partial charge is 0.294 e. The average molecular weight is 299 g/mol. The van der Waals surface area contributed by atoms with Crippen LogP contribution < -0.4 is 0 Å². The summed E-state index contributed by atoms with van der Waals surface area (Å²) in [7, 11) is 0. The quantitative estimate of drug-likeness (QED) is 0.782. The third-order valence-corrected chi connectivity index (χ3v) is 3.40. The number of aryl methyl sites for hydroxylation is 2. The third-order valence-electron chi connectivity index (χ3n) is 2.49. The maximum absolute atomic E-state index is 11.8. The molecular formula is C13H19BrN2O. The SMILES string of the molecule is CCc1nn(CC)c(CC(=O)C=C(C)C)c1Br. The maximum Gasteiger partial charge on any atom is 0.161 e. The van der Waals surface area contributed by atoms with E-state index in [1.807, 2.05) is 25.5 Å². The van der Waals surface area contributed by atoms with Crippen molar-refractivity contribution in [1.29, 1.82) is 0 Å². The molecule has 0 aromatic carbocycles. The number of hydrogen-bond acceptors (Lipinski definition) is 2. The molecule has 0 aliphatic carbocycles. The van der Waals surface area contributed by atoms with Crippen LogP contribution >= 0.6 is 15.9 Å². The smallest absolute Gasteiger partial charge is 0.161 e. The predicted octanol–water partition coefficient (Wildman–Crippen LogP) is 3.31. The van der Waals surface area contributed by atoms with Gasteiger partial charge in [-0.2, -0.15) is 5.10 Å². The Kier molecular flexibility index (Phi) is 5.12. The van der Waals surface area contributed by atoms with Crippen molar-refractivity contribution < 1.29 is 4.79 Å². The van der Waals surface area contributed by atoms with Gasteiger partial charge in [0, 0.05) is 6.54 Å². The number of ketones is 1. The van der Waals surface area contributed by atoms with E-state index in [9.17, 15) is 4.79 Å². The molecule has 0 bridgehead atoms. The third kappa shape index (κ3) is 3.53. The minimum absolute atomic E-state index is 0.128. The van der Waals surface area contributed by atoms with Crippen LogP contribution in [0.3, 0.4) is 0 Å². The van der Waals surface area contributed by atoms with Crippen molar-refractivity contribution in [1.82, 2.24) is 9.78 Å². The second kappa shape index (κ2) is 6.15. The number of carbonyl (C=O) groups excluding carboxylic acids is 1. The Labute approximate surface area is 111 Å². The first-order valence-electron chi connectivity index (χ1n) is 5.91. The van der Waals surface area contributed by atoms with Crippen LogP contribution in [0, 0.1) is 0 Å². The first kappa shape index (κ1) is 14.2. The van der Waals surface area contributed by atoms with Crippen LogP contribution in [0.5, 0.6) is 0 Å². The molecule has 0 aliphatic rings. The van der Waals surface area contributed by atoms with Crippen molar-refractivity contribution in [3.63, 3.8) is 0 Å². The highest BCUT2D eigenvalue weighted by Crippen LogP contribution is 2.23. The van der Waals surface area contributed by atoms with Gasteiger partial charge < -0.3 is 0 Å². The van der Waals surface area contributed by atoms with E-state index in [0.29, 0.717) is 6.42 Å². The second-order valence-corrected chi connectivity index (χ2v) is 5.03. The van der Waals surface area contributed by atoms with Crippen molar-refractivity contribution in [2.45, 2.75) is 47.1 Å². The van der Waals surface area contributed by atoms with Crippen molar-refractivity contribution >= 4 is 21.7 Å². The summed E-state index contributed by atoms with van der Waals surface area (Å²) < 4.78 is 2.89. The molecule has 0 aliphatic heterocycles. The summed E-state index contributed by atoms with van der Waals surface area (Å²) in [4.78, 5) is 11.8. The highest BCUT2D eigenvalue weighted by molar-refractivity contribution is 9.10. The van der Waals surface area contributed by atoms with Gasteiger partial charge in [-0.1, -0.05) is 12.5 Å². The first-order valence-corrected chi connectivity index (χ1v) is 6.70. The number of hydrogen-bond donors (Lipinski definition) is 0. The van der Waals surface area contributed by atoms with Gasteiger partial charge in [0.05, 0.1) is 22.3 Å². The molecular weight excluding hydrogens is 280 g/mol. The molecule has 17 heavy (non-hydrogen) atoms. The molecule has 0 unspecified atom stereocenters. The van der Waals surface area contributed by atoms with E-state index >= 15 is 0 Å². The molecule has 0 fully saturated rings. The van der Waals surface area contributed by atoms with E-state index < -0.39 is 0 Å². The molecule has 4 heteroatoms. The van der Waals surface area contributed by atoms with Crippen LogP contribution in [-0.4, -0.2) is 15.6 Å². The minimum Gasteiger partial charge on any atom is -0.294 e. The Morgan fingerprint density at radius 1 is 1.41 bits per heavy atom. The van der Waals surface area contributed by atoms with Gasteiger partial charge in [-0.15, -0.1) is 0 Å². The van der Waals surface area contributed by atoms with Gasteiger partial charge in [-0.3, -0.25) is 9.48 Å². The molecule has 0 saturated heterocycles. The second-order valence-electron chi connectivity index (χ2n) is 4.24. The summed E-state index contributed by atoms with van der Waals surface area (Å²) in [6.07, 6.45) is 2.97. The van der Waals surface area contributed by atoms with E-state index in [-0.39, 0.29) is 5.78 Å². The van der Waals surface area contributed by atoms with Gasteiger partial charge >= 0.3 is 0 Å². The number of allylic oxidation sites excluding steroid dienone is 2. The molecule has 0 radical (unpaired) electrons. The number of carbonyl (C=O) groups is 1.